The highest BCUT2D eigenvalue weighted by molar-refractivity contribution is 5.79. The first-order valence-electron chi connectivity index (χ1n) is 10.7. The third-order valence-electron chi connectivity index (χ3n) is 6.26. The summed E-state index contributed by atoms with van der Waals surface area (Å²) in [6.07, 6.45) is 5.93. The lowest BCUT2D eigenvalue weighted by atomic mass is 9.92. The van der Waals surface area contributed by atoms with Gasteiger partial charge in [-0.05, 0) is 44.7 Å². The Morgan fingerprint density at radius 1 is 1.11 bits per heavy atom. The SMILES string of the molecule is CCn1cnnc1C1CCN(C(=O)C2CCCN(Cc3ccccc3)C2)CC1. The Kier molecular flexibility index (Phi) is 6.05. The predicted octanol–water partition coefficient (Wildman–Crippen LogP) is 2.92. The highest BCUT2D eigenvalue weighted by Gasteiger charge is 2.32. The van der Waals surface area contributed by atoms with Crippen molar-refractivity contribution in [3.05, 3.63) is 48.0 Å². The molecule has 1 aromatic heterocycles. The number of aryl methyl sites for hydroxylation is 1. The molecule has 4 rings (SSSR count). The van der Waals surface area contributed by atoms with Gasteiger partial charge in [-0.15, -0.1) is 10.2 Å². The number of nitrogens with zero attached hydrogens (tertiary/aromatic N) is 5. The molecule has 1 atom stereocenters. The summed E-state index contributed by atoms with van der Waals surface area (Å²) >= 11 is 0. The van der Waals surface area contributed by atoms with E-state index in [0.717, 1.165) is 70.8 Å². The van der Waals surface area contributed by atoms with E-state index in [1.807, 2.05) is 6.33 Å². The van der Waals surface area contributed by atoms with Gasteiger partial charge in [0.2, 0.25) is 5.91 Å². The molecule has 2 aliphatic rings. The van der Waals surface area contributed by atoms with Crippen molar-refractivity contribution in [2.75, 3.05) is 26.2 Å². The summed E-state index contributed by atoms with van der Waals surface area (Å²) in [5, 5.41) is 8.39. The fraction of sp³-hybridized carbons (Fsp3) is 0.591. The number of benzene rings is 1. The molecule has 1 aromatic carbocycles. The fourth-order valence-corrected chi connectivity index (χ4v) is 4.68. The van der Waals surface area contributed by atoms with Crippen LogP contribution in [0.2, 0.25) is 0 Å². The lowest BCUT2D eigenvalue weighted by Gasteiger charge is -2.37. The molecule has 1 unspecified atom stereocenters. The van der Waals surface area contributed by atoms with E-state index in [-0.39, 0.29) is 5.92 Å². The first-order valence-corrected chi connectivity index (χ1v) is 10.7. The van der Waals surface area contributed by atoms with Crippen LogP contribution in [0.5, 0.6) is 0 Å². The molecule has 0 bridgehead atoms. The zero-order valence-corrected chi connectivity index (χ0v) is 16.8. The summed E-state index contributed by atoms with van der Waals surface area (Å²) in [5.41, 5.74) is 1.33. The number of rotatable bonds is 5. The zero-order valence-electron chi connectivity index (χ0n) is 16.8. The summed E-state index contributed by atoms with van der Waals surface area (Å²) in [6.45, 7) is 7.63. The van der Waals surface area contributed by atoms with Gasteiger partial charge in [-0.2, -0.15) is 0 Å². The van der Waals surface area contributed by atoms with Crippen LogP contribution in [-0.4, -0.2) is 56.7 Å². The van der Waals surface area contributed by atoms with E-state index < -0.39 is 0 Å². The van der Waals surface area contributed by atoms with Gasteiger partial charge in [0.25, 0.3) is 0 Å². The largest absolute Gasteiger partial charge is 0.342 e. The van der Waals surface area contributed by atoms with E-state index in [9.17, 15) is 4.79 Å². The fourth-order valence-electron chi connectivity index (χ4n) is 4.68. The molecule has 6 nitrogen and oxygen atoms in total. The molecule has 3 heterocycles. The topological polar surface area (TPSA) is 54.3 Å². The van der Waals surface area contributed by atoms with Crippen LogP contribution < -0.4 is 0 Å². The Labute approximate surface area is 167 Å². The molecular formula is C22H31N5O. The van der Waals surface area contributed by atoms with Crippen LogP contribution >= 0.6 is 0 Å². The van der Waals surface area contributed by atoms with Crippen LogP contribution in [0.1, 0.15) is 49.9 Å². The van der Waals surface area contributed by atoms with Gasteiger partial charge in [-0.25, -0.2) is 0 Å². The number of hydrogen-bond donors (Lipinski definition) is 0. The van der Waals surface area contributed by atoms with Crippen molar-refractivity contribution in [1.29, 1.82) is 0 Å². The van der Waals surface area contributed by atoms with Crippen LogP contribution in [0, 0.1) is 5.92 Å². The van der Waals surface area contributed by atoms with Crippen LogP contribution in [0.3, 0.4) is 0 Å². The summed E-state index contributed by atoms with van der Waals surface area (Å²) in [6, 6.07) is 10.6. The van der Waals surface area contributed by atoms with Crippen LogP contribution in [-0.2, 0) is 17.9 Å². The lowest BCUT2D eigenvalue weighted by Crippen LogP contribution is -2.47. The molecule has 2 fully saturated rings. The van der Waals surface area contributed by atoms with E-state index in [4.69, 9.17) is 0 Å². The molecule has 0 N–H and O–H groups in total. The number of likely N-dealkylation sites (tertiary alicyclic amines) is 2. The maximum atomic E-state index is 13.1. The highest BCUT2D eigenvalue weighted by Crippen LogP contribution is 2.29. The van der Waals surface area contributed by atoms with Gasteiger partial charge in [0.05, 0.1) is 5.92 Å². The minimum Gasteiger partial charge on any atom is -0.342 e. The van der Waals surface area contributed by atoms with Gasteiger partial charge < -0.3 is 9.47 Å². The predicted molar refractivity (Wildman–Crippen MR) is 109 cm³/mol. The monoisotopic (exact) mass is 381 g/mol. The molecule has 2 aliphatic heterocycles. The van der Waals surface area contributed by atoms with E-state index in [0.29, 0.717) is 11.8 Å². The Morgan fingerprint density at radius 2 is 1.89 bits per heavy atom. The average molecular weight is 382 g/mol. The Morgan fingerprint density at radius 3 is 2.64 bits per heavy atom. The van der Waals surface area contributed by atoms with Crippen molar-refractivity contribution in [2.45, 2.75) is 51.6 Å². The minimum absolute atomic E-state index is 0.147. The molecular weight excluding hydrogens is 350 g/mol. The quantitative estimate of drug-likeness (QED) is 0.799. The molecule has 1 amide bonds. The third-order valence-corrected chi connectivity index (χ3v) is 6.26. The van der Waals surface area contributed by atoms with Crippen LogP contribution in [0.15, 0.2) is 36.7 Å². The molecule has 0 saturated carbocycles. The Balaban J connectivity index is 1.31. The van der Waals surface area contributed by atoms with Crippen molar-refractivity contribution in [3.63, 3.8) is 0 Å². The number of hydrogen-bond acceptors (Lipinski definition) is 4. The lowest BCUT2D eigenvalue weighted by molar-refractivity contribution is -0.138. The zero-order chi connectivity index (χ0) is 19.3. The Bertz CT molecular complexity index is 766. The van der Waals surface area contributed by atoms with Crippen molar-refractivity contribution in [3.8, 4) is 0 Å². The normalized spacial score (nSPS) is 21.8. The number of aromatic nitrogens is 3. The molecule has 2 aromatic rings. The first-order chi connectivity index (χ1) is 13.7. The summed E-state index contributed by atoms with van der Waals surface area (Å²) < 4.78 is 2.13. The maximum Gasteiger partial charge on any atom is 0.226 e. The standard InChI is InChI=1S/C22H31N5O/c1-2-26-17-23-24-21(26)19-10-13-27(14-11-19)22(28)20-9-6-12-25(16-20)15-18-7-4-3-5-8-18/h3-5,7-8,17,19-20H,2,6,9-16H2,1H3. The molecule has 150 valence electrons. The highest BCUT2D eigenvalue weighted by atomic mass is 16.2. The second-order valence-corrected chi connectivity index (χ2v) is 8.13. The molecule has 0 radical (unpaired) electrons. The van der Waals surface area contributed by atoms with Gasteiger partial charge in [-0.3, -0.25) is 9.69 Å². The van der Waals surface area contributed by atoms with E-state index in [1.54, 1.807) is 0 Å². The molecule has 2 saturated heterocycles. The van der Waals surface area contributed by atoms with Gasteiger partial charge in [-0.1, -0.05) is 30.3 Å². The number of carbonyl (C=O) groups excluding carboxylic acids is 1. The Hall–Kier alpha value is -2.21. The van der Waals surface area contributed by atoms with Gasteiger partial charge in [0.15, 0.2) is 0 Å². The molecule has 0 aliphatic carbocycles. The van der Waals surface area contributed by atoms with Crippen molar-refractivity contribution >= 4 is 5.91 Å². The number of carbonyl (C=O) groups is 1. The first kappa shape index (κ1) is 19.1. The van der Waals surface area contributed by atoms with E-state index in [1.165, 1.54) is 5.56 Å². The molecule has 0 spiro atoms. The minimum atomic E-state index is 0.147. The summed E-state index contributed by atoms with van der Waals surface area (Å²) in [7, 11) is 0. The van der Waals surface area contributed by atoms with Crippen LogP contribution in [0.25, 0.3) is 0 Å². The van der Waals surface area contributed by atoms with E-state index >= 15 is 0 Å². The summed E-state index contributed by atoms with van der Waals surface area (Å²) in [5.74, 6) is 2.01. The smallest absolute Gasteiger partial charge is 0.226 e. The van der Waals surface area contributed by atoms with Gasteiger partial charge in [0.1, 0.15) is 12.2 Å². The van der Waals surface area contributed by atoms with Crippen molar-refractivity contribution in [1.82, 2.24) is 24.6 Å². The molecule has 28 heavy (non-hydrogen) atoms. The average Bonchev–Trinajstić information content (AvgIpc) is 3.23. The van der Waals surface area contributed by atoms with Gasteiger partial charge in [0, 0.05) is 38.6 Å². The second kappa shape index (κ2) is 8.86. The van der Waals surface area contributed by atoms with Crippen molar-refractivity contribution in [2.24, 2.45) is 5.92 Å². The van der Waals surface area contributed by atoms with Crippen molar-refractivity contribution < 1.29 is 4.79 Å². The number of amides is 1. The summed E-state index contributed by atoms with van der Waals surface area (Å²) in [4.78, 5) is 17.7. The number of piperidine rings is 2. The van der Waals surface area contributed by atoms with Crippen LogP contribution in [0.4, 0.5) is 0 Å². The van der Waals surface area contributed by atoms with E-state index in [2.05, 4.69) is 61.8 Å². The maximum absolute atomic E-state index is 13.1. The second-order valence-electron chi connectivity index (χ2n) is 8.13. The molecule has 6 heteroatoms. The third kappa shape index (κ3) is 4.27. The van der Waals surface area contributed by atoms with Gasteiger partial charge >= 0.3 is 0 Å².